The Labute approximate surface area is 249 Å². The summed E-state index contributed by atoms with van der Waals surface area (Å²) >= 11 is 1.59. The van der Waals surface area contributed by atoms with Crippen molar-refractivity contribution < 1.29 is 36.2 Å². The molecule has 1 heterocycles. The average molecular weight is 627 g/mol. The lowest BCUT2D eigenvalue weighted by molar-refractivity contribution is -0.148. The fourth-order valence-corrected chi connectivity index (χ4v) is 8.77. The lowest BCUT2D eigenvalue weighted by atomic mass is 9.81. The van der Waals surface area contributed by atoms with Crippen molar-refractivity contribution in [2.24, 2.45) is 10.8 Å². The van der Waals surface area contributed by atoms with Gasteiger partial charge in [-0.2, -0.15) is 4.31 Å². The van der Waals surface area contributed by atoms with E-state index < -0.39 is 45.6 Å². The van der Waals surface area contributed by atoms with Crippen molar-refractivity contribution in [3.8, 4) is 5.75 Å². The van der Waals surface area contributed by atoms with Gasteiger partial charge in [-0.1, -0.05) is 0 Å². The molecule has 5 rings (SSSR count). The van der Waals surface area contributed by atoms with E-state index >= 15 is 0 Å². The van der Waals surface area contributed by atoms with Crippen LogP contribution in [0.15, 0.2) is 46.2 Å². The molecule has 1 atom stereocenters. The third-order valence-corrected chi connectivity index (χ3v) is 11.9. The fraction of sp³-hybridized carbons (Fsp3) is 0.567. The maximum Gasteiger partial charge on any atom is 0.312 e. The van der Waals surface area contributed by atoms with Crippen molar-refractivity contribution in [3.63, 3.8) is 0 Å². The first kappa shape index (κ1) is 31.0. The van der Waals surface area contributed by atoms with Gasteiger partial charge in [0, 0.05) is 43.1 Å². The number of alkyl halides is 2. The molecule has 0 amide bonds. The zero-order valence-corrected chi connectivity index (χ0v) is 25.8. The lowest BCUT2D eigenvalue weighted by Gasteiger charge is -2.36. The van der Waals surface area contributed by atoms with E-state index in [2.05, 4.69) is 0 Å². The summed E-state index contributed by atoms with van der Waals surface area (Å²) in [6.07, 6.45) is 3.92. The van der Waals surface area contributed by atoms with Crippen molar-refractivity contribution >= 4 is 39.1 Å². The van der Waals surface area contributed by atoms with Crippen LogP contribution in [0, 0.1) is 16.6 Å². The Morgan fingerprint density at radius 1 is 1.14 bits per heavy atom. The second kappa shape index (κ2) is 10.9. The summed E-state index contributed by atoms with van der Waals surface area (Å²) in [5.41, 5.74) is 0.0621. The van der Waals surface area contributed by atoms with E-state index in [-0.39, 0.29) is 30.2 Å². The molecule has 3 aliphatic rings. The van der Waals surface area contributed by atoms with Crippen LogP contribution in [0.1, 0.15) is 59.3 Å². The number of sulfonamides is 1. The number of carboxylic acids is 1. The minimum Gasteiger partial charge on any atom is -0.491 e. The molecule has 0 bridgehead atoms. The fourth-order valence-electron chi connectivity index (χ4n) is 5.56. The Bertz CT molecular complexity index is 1450. The van der Waals surface area contributed by atoms with Crippen LogP contribution in [0.5, 0.6) is 5.75 Å². The number of thioether (sulfide) groups is 1. The van der Waals surface area contributed by atoms with Gasteiger partial charge >= 0.3 is 5.97 Å². The molecule has 0 saturated heterocycles. The Balaban J connectivity index is 1.61. The van der Waals surface area contributed by atoms with Crippen LogP contribution >= 0.6 is 11.8 Å². The second-order valence-corrected chi connectivity index (χ2v) is 16.1. The summed E-state index contributed by atoms with van der Waals surface area (Å²) in [4.78, 5) is 14.1. The van der Waals surface area contributed by atoms with Gasteiger partial charge in [-0.25, -0.2) is 21.6 Å². The topological polar surface area (TPSA) is 87.2 Å². The molecule has 1 aliphatic heterocycles. The van der Waals surface area contributed by atoms with Gasteiger partial charge in [-0.05, 0) is 88.6 Å². The van der Waals surface area contributed by atoms with Gasteiger partial charge in [-0.3, -0.25) is 4.79 Å². The standard InChI is InChI=1S/C30H37F3N2O5S2/c1-28(2,27(36)37)18-40-24-14-26-23(13-25(24)41-22-15-30(16-22)11-12-30)35(20-7-5-19(31)6-8-20)17-21(9-10-29(3,32)33)34(4)42(26,38)39/h5-8,13-14,21-22H,9-12,15-18H2,1-4H3,(H,36,37)/t21-/m1/s1. The first-order chi connectivity index (χ1) is 19.5. The number of halogens is 3. The van der Waals surface area contributed by atoms with Crippen molar-refractivity contribution in [2.45, 2.75) is 86.3 Å². The Morgan fingerprint density at radius 2 is 1.79 bits per heavy atom. The van der Waals surface area contributed by atoms with Crippen LogP contribution < -0.4 is 9.64 Å². The number of likely N-dealkylation sites (N-methyl/N-ethyl adjacent to an activating group) is 1. The van der Waals surface area contributed by atoms with Crippen molar-refractivity contribution in [2.75, 3.05) is 25.1 Å². The molecular weight excluding hydrogens is 589 g/mol. The highest BCUT2D eigenvalue weighted by Gasteiger charge is 2.53. The number of nitrogens with zero attached hydrogens (tertiary/aromatic N) is 2. The molecule has 2 fully saturated rings. The molecule has 1 N–H and O–H groups in total. The third kappa shape index (κ3) is 6.40. The van der Waals surface area contributed by atoms with Gasteiger partial charge in [0.25, 0.3) is 0 Å². The summed E-state index contributed by atoms with van der Waals surface area (Å²) in [5.74, 6) is -4.22. The van der Waals surface area contributed by atoms with Crippen molar-refractivity contribution in [3.05, 3.63) is 42.2 Å². The normalized spacial score (nSPS) is 21.9. The van der Waals surface area contributed by atoms with Crippen LogP contribution in [-0.4, -0.2) is 61.2 Å². The average Bonchev–Trinajstić information content (AvgIpc) is 3.68. The van der Waals surface area contributed by atoms with Crippen LogP contribution in [0.25, 0.3) is 0 Å². The number of fused-ring (bicyclic) bond motifs is 1. The van der Waals surface area contributed by atoms with Gasteiger partial charge in [0.15, 0.2) is 0 Å². The summed E-state index contributed by atoms with van der Waals surface area (Å²) in [6, 6.07) is 8.00. The quantitative estimate of drug-likeness (QED) is 0.306. The van der Waals surface area contributed by atoms with Gasteiger partial charge in [0.1, 0.15) is 23.1 Å². The predicted molar refractivity (Wildman–Crippen MR) is 156 cm³/mol. The number of hydrogen-bond donors (Lipinski definition) is 1. The molecule has 2 aromatic carbocycles. The van der Waals surface area contributed by atoms with E-state index in [4.69, 9.17) is 4.74 Å². The predicted octanol–water partition coefficient (Wildman–Crippen LogP) is 6.93. The maximum atomic E-state index is 14.0. The molecule has 7 nitrogen and oxygen atoms in total. The summed E-state index contributed by atoms with van der Waals surface area (Å²) < 4.78 is 77.0. The number of carbonyl (C=O) groups is 1. The molecule has 0 unspecified atom stereocenters. The molecule has 1 spiro atoms. The van der Waals surface area contributed by atoms with Crippen LogP contribution in [0.2, 0.25) is 0 Å². The second-order valence-electron chi connectivity index (χ2n) is 12.8. The SMILES string of the molecule is CN1[C@H](CCC(C)(F)F)CN(c2ccc(F)cc2)c2cc(SC3CC4(CC4)C3)c(OCC(C)(C)C(=O)O)cc2S1(=O)=O. The van der Waals surface area contributed by atoms with Crippen LogP contribution in [0.4, 0.5) is 24.5 Å². The zero-order valence-electron chi connectivity index (χ0n) is 24.2. The first-order valence-corrected chi connectivity index (χ1v) is 16.4. The zero-order chi connectivity index (χ0) is 30.7. The first-order valence-electron chi connectivity index (χ1n) is 14.1. The van der Waals surface area contributed by atoms with Gasteiger partial charge in [0.05, 0.1) is 16.0 Å². The lowest BCUT2D eigenvalue weighted by Crippen LogP contribution is -2.41. The molecule has 42 heavy (non-hydrogen) atoms. The minimum absolute atomic E-state index is 0.0767. The van der Waals surface area contributed by atoms with E-state index in [1.165, 1.54) is 64.1 Å². The molecule has 0 aromatic heterocycles. The Hall–Kier alpha value is -2.44. The monoisotopic (exact) mass is 626 g/mol. The van der Waals surface area contributed by atoms with Crippen LogP contribution in [0.3, 0.4) is 0 Å². The number of rotatable bonds is 10. The largest absolute Gasteiger partial charge is 0.491 e. The Kier molecular flexibility index (Phi) is 8.06. The van der Waals surface area contributed by atoms with Crippen LogP contribution in [-0.2, 0) is 14.8 Å². The number of anilines is 2. The van der Waals surface area contributed by atoms with Gasteiger partial charge in [0.2, 0.25) is 15.9 Å². The number of aliphatic carboxylic acids is 1. The van der Waals surface area contributed by atoms with Crippen molar-refractivity contribution in [1.29, 1.82) is 0 Å². The highest BCUT2D eigenvalue weighted by atomic mass is 32.2. The number of hydrogen-bond acceptors (Lipinski definition) is 6. The molecule has 2 saturated carbocycles. The van der Waals surface area contributed by atoms with Gasteiger partial charge < -0.3 is 14.7 Å². The summed E-state index contributed by atoms with van der Waals surface area (Å²) in [5, 5.41) is 9.94. The molecule has 0 radical (unpaired) electrons. The molecular formula is C30H37F3N2O5S2. The highest BCUT2D eigenvalue weighted by molar-refractivity contribution is 8.00. The van der Waals surface area contributed by atoms with Gasteiger partial charge in [-0.15, -0.1) is 11.8 Å². The summed E-state index contributed by atoms with van der Waals surface area (Å²) in [6.45, 7) is 3.76. The molecule has 230 valence electrons. The van der Waals surface area contributed by atoms with Crippen molar-refractivity contribution in [1.82, 2.24) is 4.31 Å². The van der Waals surface area contributed by atoms with E-state index in [9.17, 15) is 31.5 Å². The minimum atomic E-state index is -4.19. The summed E-state index contributed by atoms with van der Waals surface area (Å²) in [7, 11) is -2.81. The highest BCUT2D eigenvalue weighted by Crippen LogP contribution is 2.64. The Morgan fingerprint density at radius 3 is 2.36 bits per heavy atom. The van der Waals surface area contributed by atoms with E-state index in [1.54, 1.807) is 22.7 Å². The smallest absolute Gasteiger partial charge is 0.312 e. The number of ether oxygens (including phenoxy) is 1. The molecule has 2 aromatic rings. The van der Waals surface area contributed by atoms with E-state index in [1.807, 2.05) is 0 Å². The van der Waals surface area contributed by atoms with E-state index in [0.29, 0.717) is 26.9 Å². The molecule has 12 heteroatoms. The number of benzene rings is 2. The third-order valence-electron chi connectivity index (χ3n) is 8.68. The number of carboxylic acid groups (broad SMARTS) is 1. The van der Waals surface area contributed by atoms with E-state index in [0.717, 1.165) is 24.1 Å². The molecule has 2 aliphatic carbocycles. The maximum absolute atomic E-state index is 14.0.